The maximum atomic E-state index is 4.51. The van der Waals surface area contributed by atoms with E-state index < -0.39 is 0 Å². The second kappa shape index (κ2) is 5.19. The first-order valence-corrected chi connectivity index (χ1v) is 6.59. The van der Waals surface area contributed by atoms with Crippen LogP contribution in [0.4, 0.5) is 0 Å². The molecule has 17 heavy (non-hydrogen) atoms. The lowest BCUT2D eigenvalue weighted by molar-refractivity contribution is 0.135. The summed E-state index contributed by atoms with van der Waals surface area (Å²) in [4.78, 5) is 2.54. The quantitative estimate of drug-likeness (QED) is 0.855. The van der Waals surface area contributed by atoms with E-state index in [2.05, 4.69) is 42.2 Å². The molecular formula is C13H24N4. The van der Waals surface area contributed by atoms with Crippen LogP contribution in [-0.2, 0) is 20.0 Å². The normalized spacial score (nSPS) is 26.4. The van der Waals surface area contributed by atoms with E-state index in [0.717, 1.165) is 26.1 Å². The lowest BCUT2D eigenvalue weighted by Gasteiger charge is -2.37. The van der Waals surface area contributed by atoms with E-state index in [0.29, 0.717) is 12.1 Å². The van der Waals surface area contributed by atoms with Crippen molar-refractivity contribution in [2.75, 3.05) is 13.1 Å². The Bertz CT molecular complexity index is 371. The van der Waals surface area contributed by atoms with Crippen molar-refractivity contribution in [1.29, 1.82) is 0 Å². The van der Waals surface area contributed by atoms with Crippen molar-refractivity contribution < 1.29 is 0 Å². The highest BCUT2D eigenvalue weighted by atomic mass is 15.3. The van der Waals surface area contributed by atoms with Crippen LogP contribution in [0.15, 0.2) is 6.07 Å². The first-order valence-electron chi connectivity index (χ1n) is 6.59. The van der Waals surface area contributed by atoms with Gasteiger partial charge in [0.15, 0.2) is 0 Å². The van der Waals surface area contributed by atoms with Crippen molar-refractivity contribution in [3.8, 4) is 0 Å². The SMILES string of the molecule is CCc1cc(CN2CC(C)NCC2C)n(C)n1. The fourth-order valence-electron chi connectivity index (χ4n) is 2.42. The van der Waals surface area contributed by atoms with Crippen molar-refractivity contribution in [3.05, 3.63) is 17.5 Å². The first-order chi connectivity index (χ1) is 8.10. The van der Waals surface area contributed by atoms with Gasteiger partial charge in [0.1, 0.15) is 0 Å². The molecule has 2 heterocycles. The number of nitrogens with one attached hydrogen (secondary N) is 1. The summed E-state index contributed by atoms with van der Waals surface area (Å²) >= 11 is 0. The largest absolute Gasteiger partial charge is 0.311 e. The molecule has 0 radical (unpaired) electrons. The summed E-state index contributed by atoms with van der Waals surface area (Å²) in [6.07, 6.45) is 1.02. The Balaban J connectivity index is 2.05. The average molecular weight is 236 g/mol. The molecule has 1 aromatic heterocycles. The number of hydrogen-bond acceptors (Lipinski definition) is 3. The van der Waals surface area contributed by atoms with Crippen LogP contribution in [0.2, 0.25) is 0 Å². The van der Waals surface area contributed by atoms with Gasteiger partial charge >= 0.3 is 0 Å². The summed E-state index contributed by atoms with van der Waals surface area (Å²) < 4.78 is 2.03. The zero-order valence-electron chi connectivity index (χ0n) is 11.4. The number of aryl methyl sites for hydroxylation is 2. The molecule has 4 heteroatoms. The molecule has 1 aliphatic heterocycles. The van der Waals surface area contributed by atoms with Gasteiger partial charge in [0.2, 0.25) is 0 Å². The van der Waals surface area contributed by atoms with Crippen LogP contribution in [0.3, 0.4) is 0 Å². The van der Waals surface area contributed by atoms with Crippen LogP contribution in [0.1, 0.15) is 32.2 Å². The standard InChI is InChI=1S/C13H24N4/c1-5-12-6-13(16(4)15-12)9-17-8-10(2)14-7-11(17)3/h6,10-11,14H,5,7-9H2,1-4H3. The lowest BCUT2D eigenvalue weighted by atomic mass is 10.1. The first kappa shape index (κ1) is 12.6. The summed E-state index contributed by atoms with van der Waals surface area (Å²) in [6, 6.07) is 3.43. The predicted octanol–water partition coefficient (Wildman–Crippen LogP) is 1.16. The molecule has 1 aliphatic rings. The zero-order chi connectivity index (χ0) is 12.4. The van der Waals surface area contributed by atoms with Gasteiger partial charge in [-0.1, -0.05) is 6.92 Å². The monoisotopic (exact) mass is 236 g/mol. The fraction of sp³-hybridized carbons (Fsp3) is 0.769. The molecule has 1 N–H and O–H groups in total. The molecule has 2 atom stereocenters. The molecule has 1 fully saturated rings. The predicted molar refractivity (Wildman–Crippen MR) is 69.9 cm³/mol. The molecule has 4 nitrogen and oxygen atoms in total. The molecule has 1 aromatic rings. The van der Waals surface area contributed by atoms with E-state index in [4.69, 9.17) is 0 Å². The van der Waals surface area contributed by atoms with Crippen LogP contribution in [0.25, 0.3) is 0 Å². The van der Waals surface area contributed by atoms with Gasteiger partial charge in [-0.15, -0.1) is 0 Å². The Hall–Kier alpha value is -0.870. The molecule has 2 unspecified atom stereocenters. The van der Waals surface area contributed by atoms with Gasteiger partial charge in [-0.2, -0.15) is 5.10 Å². The Labute approximate surface area is 104 Å². The molecule has 0 bridgehead atoms. The smallest absolute Gasteiger partial charge is 0.0625 e. The third-order valence-corrected chi connectivity index (χ3v) is 3.65. The molecule has 2 rings (SSSR count). The van der Waals surface area contributed by atoms with Crippen LogP contribution in [0.5, 0.6) is 0 Å². The van der Waals surface area contributed by atoms with Crippen molar-refractivity contribution >= 4 is 0 Å². The van der Waals surface area contributed by atoms with Gasteiger partial charge in [0.05, 0.1) is 11.4 Å². The molecule has 1 saturated heterocycles. The van der Waals surface area contributed by atoms with Crippen molar-refractivity contribution in [1.82, 2.24) is 20.0 Å². The molecule has 0 aromatic carbocycles. The Kier molecular flexibility index (Phi) is 3.84. The van der Waals surface area contributed by atoms with E-state index in [-0.39, 0.29) is 0 Å². The third kappa shape index (κ3) is 2.87. The highest BCUT2D eigenvalue weighted by Gasteiger charge is 2.23. The van der Waals surface area contributed by atoms with Crippen molar-refractivity contribution in [3.63, 3.8) is 0 Å². The van der Waals surface area contributed by atoms with Gasteiger partial charge in [-0.3, -0.25) is 9.58 Å². The minimum atomic E-state index is 0.588. The van der Waals surface area contributed by atoms with Gasteiger partial charge in [0.25, 0.3) is 0 Å². The van der Waals surface area contributed by atoms with E-state index in [1.165, 1.54) is 11.4 Å². The lowest BCUT2D eigenvalue weighted by Crippen LogP contribution is -2.53. The maximum Gasteiger partial charge on any atom is 0.0625 e. The van der Waals surface area contributed by atoms with Gasteiger partial charge in [0, 0.05) is 38.8 Å². The Morgan fingerprint density at radius 1 is 1.47 bits per heavy atom. The maximum absolute atomic E-state index is 4.51. The van der Waals surface area contributed by atoms with Crippen molar-refractivity contribution in [2.24, 2.45) is 7.05 Å². The highest BCUT2D eigenvalue weighted by Crippen LogP contribution is 2.13. The van der Waals surface area contributed by atoms with Crippen LogP contribution in [-0.4, -0.2) is 39.9 Å². The number of aromatic nitrogens is 2. The summed E-state index contributed by atoms with van der Waals surface area (Å²) in [6.45, 7) is 9.90. The molecule has 0 amide bonds. The van der Waals surface area contributed by atoms with Gasteiger partial charge in [-0.25, -0.2) is 0 Å². The Morgan fingerprint density at radius 3 is 2.88 bits per heavy atom. The van der Waals surface area contributed by atoms with Gasteiger partial charge < -0.3 is 5.32 Å². The molecule has 0 spiro atoms. The molecule has 0 aliphatic carbocycles. The number of rotatable bonds is 3. The minimum absolute atomic E-state index is 0.588. The van der Waals surface area contributed by atoms with Crippen LogP contribution >= 0.6 is 0 Å². The van der Waals surface area contributed by atoms with E-state index >= 15 is 0 Å². The number of nitrogens with zero attached hydrogens (tertiary/aromatic N) is 3. The fourth-order valence-corrected chi connectivity index (χ4v) is 2.42. The van der Waals surface area contributed by atoms with Crippen molar-refractivity contribution in [2.45, 2.75) is 45.8 Å². The summed E-state index contributed by atoms with van der Waals surface area (Å²) in [5.74, 6) is 0. The second-order valence-corrected chi connectivity index (χ2v) is 5.19. The van der Waals surface area contributed by atoms with E-state index in [1.807, 2.05) is 11.7 Å². The van der Waals surface area contributed by atoms with Crippen LogP contribution in [0, 0.1) is 0 Å². The molecular weight excluding hydrogens is 212 g/mol. The summed E-state index contributed by atoms with van der Waals surface area (Å²) in [7, 11) is 2.05. The topological polar surface area (TPSA) is 33.1 Å². The molecule has 0 saturated carbocycles. The number of piperazine rings is 1. The zero-order valence-corrected chi connectivity index (χ0v) is 11.4. The Morgan fingerprint density at radius 2 is 2.24 bits per heavy atom. The molecule has 96 valence electrons. The van der Waals surface area contributed by atoms with Gasteiger partial charge in [-0.05, 0) is 26.3 Å². The minimum Gasteiger partial charge on any atom is -0.311 e. The van der Waals surface area contributed by atoms with E-state index in [1.54, 1.807) is 0 Å². The van der Waals surface area contributed by atoms with E-state index in [9.17, 15) is 0 Å². The summed E-state index contributed by atoms with van der Waals surface area (Å²) in [5, 5.41) is 8.03. The second-order valence-electron chi connectivity index (χ2n) is 5.19. The van der Waals surface area contributed by atoms with Crippen LogP contribution < -0.4 is 5.32 Å². The summed E-state index contributed by atoms with van der Waals surface area (Å²) in [5.41, 5.74) is 2.51. The average Bonchev–Trinajstić information content (AvgIpc) is 2.65. The number of hydrogen-bond donors (Lipinski definition) is 1. The highest BCUT2D eigenvalue weighted by molar-refractivity contribution is 5.10. The third-order valence-electron chi connectivity index (χ3n) is 3.65.